The molecule has 1 aliphatic rings. The maximum absolute atomic E-state index is 3.15. The van der Waals surface area contributed by atoms with Crippen molar-refractivity contribution in [2.75, 3.05) is 0 Å². The molecule has 0 fully saturated rings. The van der Waals surface area contributed by atoms with E-state index in [4.69, 9.17) is 0 Å². The van der Waals surface area contributed by atoms with Crippen molar-refractivity contribution in [2.45, 2.75) is 25.2 Å². The Morgan fingerprint density at radius 1 is 1.36 bits per heavy atom. The van der Waals surface area contributed by atoms with Crippen molar-refractivity contribution in [2.24, 2.45) is 0 Å². The highest BCUT2D eigenvalue weighted by atomic mass is 32.1. The van der Waals surface area contributed by atoms with Crippen LogP contribution in [-0.2, 0) is 6.42 Å². The third-order valence-corrected chi connectivity index (χ3v) is 4.07. The first-order valence-corrected chi connectivity index (χ1v) is 6.02. The van der Waals surface area contributed by atoms with E-state index < -0.39 is 0 Å². The fraction of sp³-hybridized carbons (Fsp3) is 0.333. The van der Waals surface area contributed by atoms with E-state index in [-0.39, 0.29) is 0 Å². The van der Waals surface area contributed by atoms with Crippen LogP contribution in [0.4, 0.5) is 0 Å². The van der Waals surface area contributed by atoms with Crippen molar-refractivity contribution < 1.29 is 0 Å². The molecule has 1 nitrogen and oxygen atoms in total. The summed E-state index contributed by atoms with van der Waals surface area (Å²) in [7, 11) is 0. The highest BCUT2D eigenvalue weighted by Gasteiger charge is 2.22. The van der Waals surface area contributed by atoms with Crippen molar-refractivity contribution in [3.8, 4) is 0 Å². The number of hydrogen-bond acceptors (Lipinski definition) is 1. The van der Waals surface area contributed by atoms with Crippen LogP contribution >= 0.6 is 11.3 Å². The minimum Gasteiger partial charge on any atom is -0.367 e. The Bertz CT molecular complexity index is 413. The summed E-state index contributed by atoms with van der Waals surface area (Å²) in [6.07, 6.45) is 8.09. The van der Waals surface area contributed by atoms with Gasteiger partial charge in [0.1, 0.15) is 0 Å². The van der Waals surface area contributed by atoms with E-state index in [1.165, 1.54) is 24.8 Å². The number of aryl methyl sites for hydroxylation is 1. The van der Waals surface area contributed by atoms with E-state index in [2.05, 4.69) is 28.7 Å². The van der Waals surface area contributed by atoms with E-state index in [9.17, 15) is 0 Å². The highest BCUT2D eigenvalue weighted by Crippen LogP contribution is 2.38. The lowest BCUT2D eigenvalue weighted by Crippen LogP contribution is -2.07. The Balaban J connectivity index is 2.04. The first kappa shape index (κ1) is 8.30. The monoisotopic (exact) mass is 203 g/mol. The molecular formula is C12H13NS. The van der Waals surface area contributed by atoms with Gasteiger partial charge in [0.05, 0.1) is 0 Å². The molecular weight excluding hydrogens is 190 g/mol. The molecule has 1 N–H and O–H groups in total. The fourth-order valence-electron chi connectivity index (χ4n) is 2.39. The third-order valence-electron chi connectivity index (χ3n) is 3.08. The van der Waals surface area contributed by atoms with E-state index in [1.807, 2.05) is 17.5 Å². The summed E-state index contributed by atoms with van der Waals surface area (Å²) in [6.45, 7) is 0. The molecule has 0 aliphatic heterocycles. The third kappa shape index (κ3) is 1.22. The predicted molar refractivity (Wildman–Crippen MR) is 59.9 cm³/mol. The van der Waals surface area contributed by atoms with Crippen molar-refractivity contribution in [1.82, 2.24) is 4.98 Å². The Labute approximate surface area is 87.8 Å². The lowest BCUT2D eigenvalue weighted by Gasteiger charge is -2.21. The van der Waals surface area contributed by atoms with Crippen molar-refractivity contribution in [3.05, 3.63) is 45.9 Å². The average Bonchev–Trinajstić information content (AvgIpc) is 2.88. The molecule has 0 amide bonds. The van der Waals surface area contributed by atoms with Gasteiger partial charge in [0.2, 0.25) is 0 Å². The largest absolute Gasteiger partial charge is 0.367 e. The van der Waals surface area contributed by atoms with E-state index >= 15 is 0 Å². The van der Waals surface area contributed by atoms with Crippen LogP contribution < -0.4 is 0 Å². The molecule has 1 aliphatic carbocycles. The van der Waals surface area contributed by atoms with Crippen LogP contribution in [0, 0.1) is 0 Å². The Hall–Kier alpha value is -1.02. The van der Waals surface area contributed by atoms with Crippen LogP contribution in [0.15, 0.2) is 29.9 Å². The molecule has 0 bridgehead atoms. The molecule has 2 aromatic heterocycles. The van der Waals surface area contributed by atoms with Gasteiger partial charge in [0, 0.05) is 23.2 Å². The lowest BCUT2D eigenvalue weighted by atomic mass is 9.84. The summed E-state index contributed by atoms with van der Waals surface area (Å²) in [5.74, 6) is 0.649. The topological polar surface area (TPSA) is 15.8 Å². The van der Waals surface area contributed by atoms with Crippen LogP contribution in [0.5, 0.6) is 0 Å². The second-order valence-electron chi connectivity index (χ2n) is 3.89. The van der Waals surface area contributed by atoms with Gasteiger partial charge < -0.3 is 4.98 Å². The molecule has 0 spiro atoms. The summed E-state index contributed by atoms with van der Waals surface area (Å²) in [4.78, 5) is 4.75. The molecule has 2 heterocycles. The summed E-state index contributed by atoms with van der Waals surface area (Å²) in [6, 6.07) is 4.51. The van der Waals surface area contributed by atoms with Crippen molar-refractivity contribution in [3.63, 3.8) is 0 Å². The lowest BCUT2D eigenvalue weighted by molar-refractivity contribution is 0.625. The number of aromatic amines is 1. The summed E-state index contributed by atoms with van der Waals surface area (Å²) in [5.41, 5.74) is 3.02. The minimum absolute atomic E-state index is 0.649. The standard InChI is InChI=1S/C12H13NS/c1-2-10(9-4-6-13-8-9)11-5-7-14-12(11)3-1/h4-8,10,13H,1-3H2. The SMILES string of the molecule is c1cc(C2CCCc3sccc32)c[nH]1. The Morgan fingerprint density at radius 3 is 3.21 bits per heavy atom. The van der Waals surface area contributed by atoms with Crippen LogP contribution in [-0.4, -0.2) is 4.98 Å². The maximum Gasteiger partial charge on any atom is 0.0115 e. The van der Waals surface area contributed by atoms with Gasteiger partial charge in [0.25, 0.3) is 0 Å². The van der Waals surface area contributed by atoms with Gasteiger partial charge in [0.15, 0.2) is 0 Å². The van der Waals surface area contributed by atoms with Gasteiger partial charge in [-0.1, -0.05) is 0 Å². The number of aromatic nitrogens is 1. The molecule has 0 aromatic carbocycles. The first-order chi connectivity index (χ1) is 6.95. The van der Waals surface area contributed by atoms with Gasteiger partial charge in [-0.15, -0.1) is 11.3 Å². The zero-order chi connectivity index (χ0) is 9.38. The van der Waals surface area contributed by atoms with Gasteiger partial charge in [-0.2, -0.15) is 0 Å². The number of nitrogens with one attached hydrogen (secondary N) is 1. The minimum atomic E-state index is 0.649. The molecule has 0 radical (unpaired) electrons. The summed E-state index contributed by atoms with van der Waals surface area (Å²) in [5, 5.41) is 2.23. The van der Waals surface area contributed by atoms with Crippen LogP contribution in [0.3, 0.4) is 0 Å². The zero-order valence-corrected chi connectivity index (χ0v) is 8.81. The molecule has 3 rings (SSSR count). The number of fused-ring (bicyclic) bond motifs is 1. The van der Waals surface area contributed by atoms with E-state index in [0.717, 1.165) is 0 Å². The number of thiophene rings is 1. The van der Waals surface area contributed by atoms with Crippen molar-refractivity contribution in [1.29, 1.82) is 0 Å². The number of hydrogen-bond donors (Lipinski definition) is 1. The average molecular weight is 203 g/mol. The molecule has 72 valence electrons. The van der Waals surface area contributed by atoms with Gasteiger partial charge in [-0.05, 0) is 47.9 Å². The Morgan fingerprint density at radius 2 is 2.36 bits per heavy atom. The fourth-order valence-corrected chi connectivity index (χ4v) is 3.37. The summed E-state index contributed by atoms with van der Waals surface area (Å²) < 4.78 is 0. The second kappa shape index (κ2) is 3.28. The molecule has 14 heavy (non-hydrogen) atoms. The van der Waals surface area contributed by atoms with Crippen LogP contribution in [0.2, 0.25) is 0 Å². The number of H-pyrrole nitrogens is 1. The van der Waals surface area contributed by atoms with Crippen LogP contribution in [0.25, 0.3) is 0 Å². The molecule has 0 saturated carbocycles. The van der Waals surface area contributed by atoms with E-state index in [1.54, 1.807) is 10.4 Å². The maximum atomic E-state index is 3.15. The normalized spacial score (nSPS) is 20.7. The van der Waals surface area contributed by atoms with Gasteiger partial charge in [-0.3, -0.25) is 0 Å². The second-order valence-corrected chi connectivity index (χ2v) is 4.89. The Kier molecular flexibility index (Phi) is 1.95. The van der Waals surface area contributed by atoms with Gasteiger partial charge >= 0.3 is 0 Å². The molecule has 2 heteroatoms. The number of rotatable bonds is 1. The smallest absolute Gasteiger partial charge is 0.0115 e. The first-order valence-electron chi connectivity index (χ1n) is 5.14. The quantitative estimate of drug-likeness (QED) is 0.729. The molecule has 2 aromatic rings. The van der Waals surface area contributed by atoms with E-state index in [0.29, 0.717) is 5.92 Å². The highest BCUT2D eigenvalue weighted by molar-refractivity contribution is 7.10. The molecule has 1 atom stereocenters. The molecule has 1 unspecified atom stereocenters. The van der Waals surface area contributed by atoms with Gasteiger partial charge in [-0.25, -0.2) is 0 Å². The summed E-state index contributed by atoms with van der Waals surface area (Å²) >= 11 is 1.92. The van der Waals surface area contributed by atoms with Crippen molar-refractivity contribution >= 4 is 11.3 Å². The molecule has 0 saturated heterocycles. The zero-order valence-electron chi connectivity index (χ0n) is 7.99. The van der Waals surface area contributed by atoms with Crippen LogP contribution in [0.1, 0.15) is 34.8 Å². The predicted octanol–water partition coefficient (Wildman–Crippen LogP) is 3.54.